The molecule has 0 saturated carbocycles. The van der Waals surface area contributed by atoms with Gasteiger partial charge in [0.25, 0.3) is 0 Å². The van der Waals surface area contributed by atoms with Gasteiger partial charge in [-0.05, 0) is 45.3 Å². The predicted octanol–water partition coefficient (Wildman–Crippen LogP) is 2.73. The lowest BCUT2D eigenvalue weighted by atomic mass is 9.79. The van der Waals surface area contributed by atoms with Crippen molar-refractivity contribution >= 4 is 34.1 Å². The minimum Gasteiger partial charge on any atom is -0.399 e. The van der Waals surface area contributed by atoms with Crippen molar-refractivity contribution < 1.29 is 13.7 Å². The molecule has 0 spiro atoms. The smallest absolute Gasteiger partial charge is 0.399 e. The molecule has 2 heterocycles. The normalized spacial score (nSPS) is 21.2. The molecule has 0 amide bonds. The number of fused-ring (bicyclic) bond motifs is 1. The lowest BCUT2D eigenvalue weighted by molar-refractivity contribution is 0.00578. The van der Waals surface area contributed by atoms with Gasteiger partial charge in [0.2, 0.25) is 0 Å². The van der Waals surface area contributed by atoms with E-state index < -0.39 is 18.3 Å². The summed E-state index contributed by atoms with van der Waals surface area (Å²) in [7, 11) is -0.550. The lowest BCUT2D eigenvalue weighted by Gasteiger charge is -2.32. The van der Waals surface area contributed by atoms with Crippen LogP contribution in [0, 0.1) is 5.82 Å². The van der Waals surface area contributed by atoms with Gasteiger partial charge in [0.15, 0.2) is 0 Å². The van der Waals surface area contributed by atoms with E-state index in [2.05, 4.69) is 4.98 Å². The average Bonchev–Trinajstić information content (AvgIpc) is 2.82. The summed E-state index contributed by atoms with van der Waals surface area (Å²) in [6.07, 6.45) is 0. The van der Waals surface area contributed by atoms with E-state index in [-0.39, 0.29) is 5.82 Å². The van der Waals surface area contributed by atoms with Gasteiger partial charge < -0.3 is 9.31 Å². The van der Waals surface area contributed by atoms with Crippen molar-refractivity contribution in [3.8, 4) is 0 Å². The summed E-state index contributed by atoms with van der Waals surface area (Å²) >= 11 is 1.30. The van der Waals surface area contributed by atoms with E-state index in [4.69, 9.17) is 9.31 Å². The number of halogens is 1. The third-order valence-corrected chi connectivity index (χ3v) is 4.78. The second-order valence-corrected chi connectivity index (χ2v) is 6.65. The summed E-state index contributed by atoms with van der Waals surface area (Å²) in [4.78, 5) is 4.15. The highest BCUT2D eigenvalue weighted by atomic mass is 32.1. The lowest BCUT2D eigenvalue weighted by Crippen LogP contribution is -2.41. The van der Waals surface area contributed by atoms with Crippen LogP contribution in [0.1, 0.15) is 27.7 Å². The van der Waals surface area contributed by atoms with Crippen LogP contribution in [0.2, 0.25) is 0 Å². The molecule has 0 atom stereocenters. The van der Waals surface area contributed by atoms with Crippen LogP contribution in [0.5, 0.6) is 0 Å². The van der Waals surface area contributed by atoms with Gasteiger partial charge in [-0.15, -0.1) is 11.3 Å². The van der Waals surface area contributed by atoms with Crippen LogP contribution in [0.3, 0.4) is 0 Å². The highest BCUT2D eigenvalue weighted by molar-refractivity contribution is 7.16. The summed E-state index contributed by atoms with van der Waals surface area (Å²) in [6.45, 7) is 7.91. The van der Waals surface area contributed by atoms with Gasteiger partial charge in [0, 0.05) is 0 Å². The molecule has 6 heteroatoms. The zero-order chi connectivity index (χ0) is 13.8. The Balaban J connectivity index is 2.02. The van der Waals surface area contributed by atoms with Crippen LogP contribution >= 0.6 is 11.3 Å². The highest BCUT2D eigenvalue weighted by Crippen LogP contribution is 2.36. The molecule has 0 radical (unpaired) electrons. The monoisotopic (exact) mass is 279 g/mol. The molecule has 100 valence electrons. The van der Waals surface area contributed by atoms with Crippen LogP contribution in [0.15, 0.2) is 17.6 Å². The van der Waals surface area contributed by atoms with E-state index in [1.807, 2.05) is 33.8 Å². The molecule has 3 rings (SSSR count). The predicted molar refractivity (Wildman–Crippen MR) is 75.3 cm³/mol. The van der Waals surface area contributed by atoms with Gasteiger partial charge in [0.05, 0.1) is 26.9 Å². The van der Waals surface area contributed by atoms with Crippen molar-refractivity contribution in [1.82, 2.24) is 4.98 Å². The average molecular weight is 279 g/mol. The molecule has 1 aliphatic heterocycles. The van der Waals surface area contributed by atoms with Crippen molar-refractivity contribution in [3.63, 3.8) is 0 Å². The quantitative estimate of drug-likeness (QED) is 0.752. The fourth-order valence-electron chi connectivity index (χ4n) is 2.06. The molecule has 19 heavy (non-hydrogen) atoms. The SMILES string of the molecule is CC1(C)OB(c2cc(F)c3scnc3c2)OC1(C)C. The molecule has 1 aromatic carbocycles. The van der Waals surface area contributed by atoms with Crippen molar-refractivity contribution in [2.75, 3.05) is 0 Å². The molecule has 1 aromatic heterocycles. The van der Waals surface area contributed by atoms with E-state index in [0.29, 0.717) is 15.7 Å². The number of rotatable bonds is 1. The number of hydrogen-bond donors (Lipinski definition) is 0. The minimum atomic E-state index is -0.550. The molecule has 0 N–H and O–H groups in total. The molecule has 3 nitrogen and oxygen atoms in total. The summed E-state index contributed by atoms with van der Waals surface area (Å²) in [5, 5.41) is 0. The van der Waals surface area contributed by atoms with Crippen LogP contribution in [-0.2, 0) is 9.31 Å². The Morgan fingerprint density at radius 2 is 1.79 bits per heavy atom. The van der Waals surface area contributed by atoms with Crippen molar-refractivity contribution in [2.45, 2.75) is 38.9 Å². The first-order chi connectivity index (χ1) is 8.80. The maximum absolute atomic E-state index is 14.0. The third kappa shape index (κ3) is 1.98. The van der Waals surface area contributed by atoms with Gasteiger partial charge in [-0.25, -0.2) is 9.37 Å². The zero-order valence-corrected chi connectivity index (χ0v) is 12.2. The Labute approximate surface area is 115 Å². The first kappa shape index (κ1) is 13.0. The number of benzene rings is 1. The largest absolute Gasteiger partial charge is 0.495 e. The molecule has 1 fully saturated rings. The third-order valence-electron chi connectivity index (χ3n) is 3.93. The molecule has 1 aliphatic rings. The summed E-state index contributed by atoms with van der Waals surface area (Å²) < 4.78 is 26.4. The molecule has 1 saturated heterocycles. The summed E-state index contributed by atoms with van der Waals surface area (Å²) in [6, 6.07) is 3.31. The van der Waals surface area contributed by atoms with E-state index in [1.54, 1.807) is 5.51 Å². The first-order valence-electron chi connectivity index (χ1n) is 6.18. The Morgan fingerprint density at radius 1 is 1.16 bits per heavy atom. The zero-order valence-electron chi connectivity index (χ0n) is 11.4. The van der Waals surface area contributed by atoms with Gasteiger partial charge in [0.1, 0.15) is 5.82 Å². The van der Waals surface area contributed by atoms with Crippen LogP contribution in [0.4, 0.5) is 4.39 Å². The Hall–Kier alpha value is -0.975. The Kier molecular flexibility index (Phi) is 2.75. The topological polar surface area (TPSA) is 31.4 Å². The Morgan fingerprint density at radius 3 is 2.42 bits per heavy atom. The number of thiazole rings is 1. The van der Waals surface area contributed by atoms with Crippen molar-refractivity contribution in [3.05, 3.63) is 23.5 Å². The first-order valence-corrected chi connectivity index (χ1v) is 7.06. The van der Waals surface area contributed by atoms with E-state index in [1.165, 1.54) is 17.4 Å². The maximum Gasteiger partial charge on any atom is 0.495 e. The molecule has 0 unspecified atom stereocenters. The van der Waals surface area contributed by atoms with Gasteiger partial charge >= 0.3 is 7.12 Å². The number of hydrogen-bond acceptors (Lipinski definition) is 4. The highest BCUT2D eigenvalue weighted by Gasteiger charge is 2.51. The fraction of sp³-hybridized carbons (Fsp3) is 0.462. The summed E-state index contributed by atoms with van der Waals surface area (Å²) in [5.74, 6) is -0.273. The second-order valence-electron chi connectivity index (χ2n) is 5.79. The fourth-order valence-corrected chi connectivity index (χ4v) is 2.74. The van der Waals surface area contributed by atoms with E-state index in [9.17, 15) is 4.39 Å². The van der Waals surface area contributed by atoms with E-state index >= 15 is 0 Å². The van der Waals surface area contributed by atoms with Crippen LogP contribution in [-0.4, -0.2) is 23.3 Å². The van der Waals surface area contributed by atoms with Crippen molar-refractivity contribution in [1.29, 1.82) is 0 Å². The molecule has 2 aromatic rings. The van der Waals surface area contributed by atoms with Gasteiger partial charge in [-0.1, -0.05) is 0 Å². The van der Waals surface area contributed by atoms with Gasteiger partial charge in [-0.2, -0.15) is 0 Å². The molecule has 0 bridgehead atoms. The molecule has 0 aliphatic carbocycles. The Bertz CT molecular complexity index is 625. The van der Waals surface area contributed by atoms with Crippen LogP contribution in [0.25, 0.3) is 10.2 Å². The standard InChI is InChI=1S/C13H15BFNO2S/c1-12(2)13(3,4)18-14(17-12)8-5-9(15)11-10(6-8)16-7-19-11/h5-7H,1-4H3. The number of nitrogens with zero attached hydrogens (tertiary/aromatic N) is 1. The van der Waals surface area contributed by atoms with Gasteiger partial charge in [-0.3, -0.25) is 0 Å². The number of aromatic nitrogens is 1. The maximum atomic E-state index is 14.0. The minimum absolute atomic E-state index is 0.273. The molecular formula is C13H15BFNO2S. The van der Waals surface area contributed by atoms with Crippen molar-refractivity contribution in [2.24, 2.45) is 0 Å². The summed E-state index contributed by atoms with van der Waals surface area (Å²) in [5.41, 5.74) is 2.11. The van der Waals surface area contributed by atoms with E-state index in [0.717, 1.165) is 0 Å². The van der Waals surface area contributed by atoms with Crippen LogP contribution < -0.4 is 5.46 Å². The second kappa shape index (κ2) is 4.01. The molecular weight excluding hydrogens is 264 g/mol.